The number of benzene rings is 1. The smallest absolute Gasteiger partial charge is 0.240 e. The summed E-state index contributed by atoms with van der Waals surface area (Å²) < 4.78 is 18.5. The van der Waals surface area contributed by atoms with E-state index in [-0.39, 0.29) is 27.6 Å². The fraction of sp³-hybridized carbons (Fsp3) is 0.0833. The number of hydrogen-bond donors (Lipinski definition) is 1. The van der Waals surface area contributed by atoms with Gasteiger partial charge in [-0.15, -0.1) is 0 Å². The number of hydrogen-bond acceptors (Lipinski definition) is 3. The molecule has 0 radical (unpaired) electrons. The lowest BCUT2D eigenvalue weighted by Gasteiger charge is -2.08. The average molecular weight is 287 g/mol. The van der Waals surface area contributed by atoms with E-state index < -0.39 is 0 Å². The molecule has 0 aliphatic carbocycles. The Hall–Kier alpha value is -1.52. The van der Waals surface area contributed by atoms with Crippen LogP contribution in [0.2, 0.25) is 10.0 Å². The number of rotatable bonds is 2. The predicted molar refractivity (Wildman–Crippen MR) is 69.9 cm³/mol. The van der Waals surface area contributed by atoms with Gasteiger partial charge in [-0.2, -0.15) is 4.98 Å². The lowest BCUT2D eigenvalue weighted by molar-refractivity contribution is 0.461. The van der Waals surface area contributed by atoms with Crippen LogP contribution in [0.25, 0.3) is 0 Å². The molecule has 0 aliphatic rings. The first-order chi connectivity index (χ1) is 8.47. The lowest BCUT2D eigenvalue weighted by Crippen LogP contribution is -1.96. The second-order valence-electron chi connectivity index (χ2n) is 3.66. The summed E-state index contributed by atoms with van der Waals surface area (Å²) in [5, 5.41) is 0.485. The van der Waals surface area contributed by atoms with Crippen molar-refractivity contribution in [1.82, 2.24) is 4.98 Å². The number of anilines is 1. The molecule has 0 saturated carbocycles. The highest BCUT2D eigenvalue weighted by atomic mass is 35.5. The topological polar surface area (TPSA) is 48.1 Å². The van der Waals surface area contributed by atoms with Gasteiger partial charge in [-0.3, -0.25) is 0 Å². The van der Waals surface area contributed by atoms with Gasteiger partial charge >= 0.3 is 0 Å². The summed E-state index contributed by atoms with van der Waals surface area (Å²) in [7, 11) is 0. The molecule has 0 atom stereocenters. The standard InChI is InChI=1S/C12H9Cl2FN2O/c1-6-4-7(2-3-10(6)15)18-12-9(14)5-8(13)11(16)17-12/h2-5H,1H3,(H2,16,17). The van der Waals surface area contributed by atoms with E-state index in [4.69, 9.17) is 33.7 Å². The van der Waals surface area contributed by atoms with Crippen LogP contribution in [0.3, 0.4) is 0 Å². The largest absolute Gasteiger partial charge is 0.437 e. The second-order valence-corrected chi connectivity index (χ2v) is 4.47. The van der Waals surface area contributed by atoms with Crippen LogP contribution in [0.1, 0.15) is 5.56 Å². The number of nitrogens with two attached hydrogens (primary N) is 1. The van der Waals surface area contributed by atoms with Gasteiger partial charge in [0.2, 0.25) is 5.88 Å². The molecule has 0 bridgehead atoms. The summed E-state index contributed by atoms with van der Waals surface area (Å²) >= 11 is 11.7. The molecule has 2 aromatic rings. The zero-order valence-corrected chi connectivity index (χ0v) is 10.9. The van der Waals surface area contributed by atoms with E-state index in [1.165, 1.54) is 24.3 Å². The molecule has 0 aliphatic heterocycles. The van der Waals surface area contributed by atoms with Crippen LogP contribution < -0.4 is 10.5 Å². The molecule has 2 rings (SSSR count). The van der Waals surface area contributed by atoms with Gasteiger partial charge in [0, 0.05) is 0 Å². The number of ether oxygens (including phenoxy) is 1. The summed E-state index contributed by atoms with van der Waals surface area (Å²) in [6.07, 6.45) is 0. The van der Waals surface area contributed by atoms with Crippen LogP contribution in [0.5, 0.6) is 11.6 Å². The fourth-order valence-electron chi connectivity index (χ4n) is 1.33. The lowest BCUT2D eigenvalue weighted by atomic mass is 10.2. The van der Waals surface area contributed by atoms with E-state index in [2.05, 4.69) is 4.98 Å². The number of pyridine rings is 1. The maximum atomic E-state index is 13.1. The van der Waals surface area contributed by atoms with Crippen LogP contribution in [0.15, 0.2) is 24.3 Å². The van der Waals surface area contributed by atoms with Gasteiger partial charge < -0.3 is 10.5 Å². The van der Waals surface area contributed by atoms with E-state index >= 15 is 0 Å². The minimum absolute atomic E-state index is 0.120. The van der Waals surface area contributed by atoms with Crippen molar-refractivity contribution in [2.45, 2.75) is 6.92 Å². The first-order valence-electron chi connectivity index (χ1n) is 5.03. The zero-order chi connectivity index (χ0) is 13.3. The molecule has 6 heteroatoms. The molecule has 94 valence electrons. The molecular formula is C12H9Cl2FN2O. The Labute approximate surface area is 113 Å². The minimum atomic E-state index is -0.308. The predicted octanol–water partition coefficient (Wildman–Crippen LogP) is 4.21. The van der Waals surface area contributed by atoms with E-state index in [1.807, 2.05) is 0 Å². The number of nitrogen functional groups attached to an aromatic ring is 1. The highest BCUT2D eigenvalue weighted by Gasteiger charge is 2.10. The maximum absolute atomic E-state index is 13.1. The Balaban J connectivity index is 2.34. The van der Waals surface area contributed by atoms with Crippen molar-refractivity contribution in [2.24, 2.45) is 0 Å². The van der Waals surface area contributed by atoms with E-state index in [0.29, 0.717) is 11.3 Å². The molecule has 3 nitrogen and oxygen atoms in total. The van der Waals surface area contributed by atoms with Gasteiger partial charge in [0.1, 0.15) is 22.4 Å². The molecule has 0 saturated heterocycles. The van der Waals surface area contributed by atoms with Crippen LogP contribution in [-0.2, 0) is 0 Å². The van der Waals surface area contributed by atoms with Crippen LogP contribution in [-0.4, -0.2) is 4.98 Å². The van der Waals surface area contributed by atoms with Crippen molar-refractivity contribution < 1.29 is 9.13 Å². The van der Waals surface area contributed by atoms with Crippen LogP contribution in [0.4, 0.5) is 10.2 Å². The Morgan fingerprint density at radius 2 is 1.94 bits per heavy atom. The van der Waals surface area contributed by atoms with Gasteiger partial charge in [0.25, 0.3) is 0 Å². The summed E-state index contributed by atoms with van der Waals surface area (Å²) in [6, 6.07) is 5.76. The minimum Gasteiger partial charge on any atom is -0.437 e. The molecule has 2 N–H and O–H groups in total. The van der Waals surface area contributed by atoms with Crippen molar-refractivity contribution in [3.8, 4) is 11.6 Å². The van der Waals surface area contributed by atoms with E-state index in [0.717, 1.165) is 0 Å². The van der Waals surface area contributed by atoms with Crippen molar-refractivity contribution in [3.63, 3.8) is 0 Å². The molecular weight excluding hydrogens is 278 g/mol. The zero-order valence-electron chi connectivity index (χ0n) is 9.38. The molecule has 1 aromatic carbocycles. The van der Waals surface area contributed by atoms with E-state index in [9.17, 15) is 4.39 Å². The number of aryl methyl sites for hydroxylation is 1. The summed E-state index contributed by atoms with van der Waals surface area (Å²) in [5.74, 6) is 0.363. The van der Waals surface area contributed by atoms with Crippen molar-refractivity contribution >= 4 is 29.0 Å². The maximum Gasteiger partial charge on any atom is 0.240 e. The summed E-state index contributed by atoms with van der Waals surface area (Å²) in [5.41, 5.74) is 6.02. The highest BCUT2D eigenvalue weighted by molar-refractivity contribution is 6.36. The van der Waals surface area contributed by atoms with Crippen LogP contribution in [0, 0.1) is 12.7 Å². The average Bonchev–Trinajstić information content (AvgIpc) is 2.31. The Bertz CT molecular complexity index is 605. The SMILES string of the molecule is Cc1cc(Oc2nc(N)c(Cl)cc2Cl)ccc1F. The van der Waals surface area contributed by atoms with Crippen molar-refractivity contribution in [1.29, 1.82) is 0 Å². The van der Waals surface area contributed by atoms with Crippen LogP contribution >= 0.6 is 23.2 Å². The molecule has 0 fully saturated rings. The van der Waals surface area contributed by atoms with Gasteiger partial charge in [0.15, 0.2) is 0 Å². The van der Waals surface area contributed by atoms with Crippen molar-refractivity contribution in [3.05, 3.63) is 45.7 Å². The second kappa shape index (κ2) is 5.00. The third kappa shape index (κ3) is 2.66. The first kappa shape index (κ1) is 12.9. The van der Waals surface area contributed by atoms with Gasteiger partial charge in [-0.05, 0) is 36.8 Å². The Kier molecular flexibility index (Phi) is 3.59. The quantitative estimate of drug-likeness (QED) is 0.900. The molecule has 0 unspecified atom stereocenters. The molecule has 18 heavy (non-hydrogen) atoms. The summed E-state index contributed by atoms with van der Waals surface area (Å²) in [4.78, 5) is 3.92. The van der Waals surface area contributed by atoms with Gasteiger partial charge in [-0.1, -0.05) is 23.2 Å². The number of nitrogens with zero attached hydrogens (tertiary/aromatic N) is 1. The third-order valence-corrected chi connectivity index (χ3v) is 2.84. The fourth-order valence-corrected chi connectivity index (χ4v) is 1.72. The number of aromatic nitrogens is 1. The molecule has 1 heterocycles. The number of halogens is 3. The highest BCUT2D eigenvalue weighted by Crippen LogP contribution is 2.32. The molecule has 0 amide bonds. The Morgan fingerprint density at radius 3 is 2.61 bits per heavy atom. The monoisotopic (exact) mass is 286 g/mol. The first-order valence-corrected chi connectivity index (χ1v) is 5.78. The molecule has 1 aromatic heterocycles. The summed E-state index contributed by atoms with van der Waals surface area (Å²) in [6.45, 7) is 1.63. The normalized spacial score (nSPS) is 10.4. The third-order valence-electron chi connectivity index (χ3n) is 2.27. The Morgan fingerprint density at radius 1 is 1.22 bits per heavy atom. The van der Waals surface area contributed by atoms with Gasteiger partial charge in [0.05, 0.1) is 5.02 Å². The van der Waals surface area contributed by atoms with Crippen molar-refractivity contribution in [2.75, 3.05) is 5.73 Å². The van der Waals surface area contributed by atoms with E-state index in [1.54, 1.807) is 6.92 Å². The van der Waals surface area contributed by atoms with Gasteiger partial charge in [-0.25, -0.2) is 4.39 Å². The molecule has 0 spiro atoms.